The van der Waals surface area contributed by atoms with Crippen molar-refractivity contribution < 1.29 is 14.7 Å². The second kappa shape index (κ2) is 4.22. The van der Waals surface area contributed by atoms with E-state index in [1.54, 1.807) is 0 Å². The van der Waals surface area contributed by atoms with Gasteiger partial charge in [-0.05, 0) is 48.9 Å². The number of carbonyl (C=O) groups is 2. The molecule has 3 aliphatic carbocycles. The molecule has 0 saturated heterocycles. The molecule has 4 heteroatoms. The molecule has 4 nitrogen and oxygen atoms in total. The Labute approximate surface area is 113 Å². The third-order valence-corrected chi connectivity index (χ3v) is 5.34. The Morgan fingerprint density at radius 2 is 1.68 bits per heavy atom. The van der Waals surface area contributed by atoms with Gasteiger partial charge in [-0.3, -0.25) is 9.59 Å². The molecule has 3 saturated carbocycles. The third kappa shape index (κ3) is 2.37. The van der Waals surface area contributed by atoms with Gasteiger partial charge < -0.3 is 10.4 Å². The highest BCUT2D eigenvalue weighted by atomic mass is 16.4. The maximum absolute atomic E-state index is 12.2. The van der Waals surface area contributed by atoms with Gasteiger partial charge in [-0.2, -0.15) is 0 Å². The Morgan fingerprint density at radius 1 is 1.16 bits per heavy atom. The Hall–Kier alpha value is -1.06. The van der Waals surface area contributed by atoms with Crippen molar-refractivity contribution in [1.29, 1.82) is 0 Å². The van der Waals surface area contributed by atoms with E-state index in [-0.39, 0.29) is 17.2 Å². The summed E-state index contributed by atoms with van der Waals surface area (Å²) in [4.78, 5) is 23.2. The van der Waals surface area contributed by atoms with Crippen molar-refractivity contribution in [1.82, 2.24) is 5.32 Å². The second-order valence-electron chi connectivity index (χ2n) is 7.20. The Kier molecular flexibility index (Phi) is 2.88. The minimum atomic E-state index is -0.842. The van der Waals surface area contributed by atoms with Crippen molar-refractivity contribution in [2.75, 3.05) is 6.54 Å². The van der Waals surface area contributed by atoms with Crippen LogP contribution in [0.4, 0.5) is 0 Å². The van der Waals surface area contributed by atoms with Crippen LogP contribution in [0.3, 0.4) is 0 Å². The first-order chi connectivity index (χ1) is 8.93. The first-order valence-corrected chi connectivity index (χ1v) is 7.43. The van der Waals surface area contributed by atoms with Crippen LogP contribution in [0.15, 0.2) is 0 Å². The van der Waals surface area contributed by atoms with Crippen LogP contribution in [0, 0.1) is 35.0 Å². The smallest absolute Gasteiger partial charge is 0.307 e. The topological polar surface area (TPSA) is 66.4 Å². The Balaban J connectivity index is 1.53. The van der Waals surface area contributed by atoms with E-state index >= 15 is 0 Å². The van der Waals surface area contributed by atoms with Crippen molar-refractivity contribution >= 4 is 11.9 Å². The van der Waals surface area contributed by atoms with Gasteiger partial charge in [0, 0.05) is 6.54 Å². The molecule has 2 atom stereocenters. The van der Waals surface area contributed by atoms with Gasteiger partial charge >= 0.3 is 5.97 Å². The monoisotopic (exact) mass is 265 g/mol. The lowest BCUT2D eigenvalue weighted by atomic mass is 9.98. The van der Waals surface area contributed by atoms with E-state index in [1.807, 2.05) is 13.8 Å². The van der Waals surface area contributed by atoms with E-state index in [4.69, 9.17) is 5.11 Å². The van der Waals surface area contributed by atoms with Crippen LogP contribution in [0.2, 0.25) is 0 Å². The number of aliphatic carboxylic acids is 1. The summed E-state index contributed by atoms with van der Waals surface area (Å²) in [6.45, 7) is 4.50. The molecule has 0 aromatic carbocycles. The molecule has 3 aliphatic rings. The van der Waals surface area contributed by atoms with Crippen molar-refractivity contribution in [3.8, 4) is 0 Å². The van der Waals surface area contributed by atoms with E-state index in [9.17, 15) is 9.59 Å². The third-order valence-electron chi connectivity index (χ3n) is 5.34. The first-order valence-electron chi connectivity index (χ1n) is 7.43. The fraction of sp³-hybridized carbons (Fsp3) is 0.867. The molecular formula is C15H23NO3. The lowest BCUT2D eigenvalue weighted by Gasteiger charge is -2.16. The summed E-state index contributed by atoms with van der Waals surface area (Å²) in [7, 11) is 0. The molecule has 2 unspecified atom stereocenters. The predicted octanol–water partition coefficient (Wildman–Crippen LogP) is 1.90. The number of hydrogen-bond donors (Lipinski definition) is 2. The van der Waals surface area contributed by atoms with E-state index in [0.29, 0.717) is 5.92 Å². The molecule has 0 bridgehead atoms. The van der Waals surface area contributed by atoms with Crippen molar-refractivity contribution in [2.45, 2.75) is 39.5 Å². The minimum absolute atomic E-state index is 0.0521. The van der Waals surface area contributed by atoms with Crippen LogP contribution in [0.25, 0.3) is 0 Å². The molecule has 0 aromatic heterocycles. The molecule has 19 heavy (non-hydrogen) atoms. The molecular weight excluding hydrogens is 242 g/mol. The van der Waals surface area contributed by atoms with Crippen LogP contribution < -0.4 is 5.32 Å². The summed E-state index contributed by atoms with van der Waals surface area (Å²) >= 11 is 0. The fourth-order valence-electron chi connectivity index (χ4n) is 3.68. The molecule has 106 valence electrons. The SMILES string of the molecule is CC1(C)C(C(=O)O)C1C(=O)NCC(C1CC1)C1CC1. The quantitative estimate of drug-likeness (QED) is 0.770. The summed E-state index contributed by atoms with van der Waals surface area (Å²) in [6.07, 6.45) is 5.24. The van der Waals surface area contributed by atoms with E-state index < -0.39 is 11.9 Å². The molecule has 2 N–H and O–H groups in total. The summed E-state index contributed by atoms with van der Waals surface area (Å²) in [6, 6.07) is 0. The second-order valence-corrected chi connectivity index (χ2v) is 7.20. The normalized spacial score (nSPS) is 32.2. The number of carboxylic acid groups (broad SMARTS) is 1. The predicted molar refractivity (Wildman–Crippen MR) is 70.3 cm³/mol. The summed E-state index contributed by atoms with van der Waals surface area (Å²) < 4.78 is 0. The van der Waals surface area contributed by atoms with Crippen molar-refractivity contribution in [3.05, 3.63) is 0 Å². The minimum Gasteiger partial charge on any atom is -0.481 e. The highest BCUT2D eigenvalue weighted by Crippen LogP contribution is 2.58. The molecule has 3 rings (SSSR count). The van der Waals surface area contributed by atoms with Crippen LogP contribution in [-0.4, -0.2) is 23.5 Å². The van der Waals surface area contributed by atoms with E-state index in [0.717, 1.165) is 18.4 Å². The van der Waals surface area contributed by atoms with Crippen molar-refractivity contribution in [3.63, 3.8) is 0 Å². The Morgan fingerprint density at radius 3 is 2.05 bits per heavy atom. The molecule has 1 amide bonds. The van der Waals surface area contributed by atoms with Crippen LogP contribution in [0.5, 0.6) is 0 Å². The van der Waals surface area contributed by atoms with Crippen molar-refractivity contribution in [2.24, 2.45) is 35.0 Å². The summed E-state index contributed by atoms with van der Waals surface area (Å²) in [5, 5.41) is 12.1. The van der Waals surface area contributed by atoms with Gasteiger partial charge in [-0.25, -0.2) is 0 Å². The van der Waals surface area contributed by atoms with Gasteiger partial charge in [-0.1, -0.05) is 13.8 Å². The summed E-state index contributed by atoms with van der Waals surface area (Å²) in [5.41, 5.74) is -0.384. The molecule has 0 spiro atoms. The molecule has 0 heterocycles. The number of carbonyl (C=O) groups excluding carboxylic acids is 1. The number of carboxylic acids is 1. The lowest BCUT2D eigenvalue weighted by Crippen LogP contribution is -2.33. The molecule has 0 aromatic rings. The molecule has 0 aliphatic heterocycles. The lowest BCUT2D eigenvalue weighted by molar-refractivity contribution is -0.140. The fourth-order valence-corrected chi connectivity index (χ4v) is 3.68. The zero-order chi connectivity index (χ0) is 13.8. The number of hydrogen-bond acceptors (Lipinski definition) is 2. The molecule has 0 radical (unpaired) electrons. The van der Waals surface area contributed by atoms with Gasteiger partial charge in [0.2, 0.25) is 5.91 Å². The zero-order valence-electron chi connectivity index (χ0n) is 11.7. The number of amides is 1. The largest absolute Gasteiger partial charge is 0.481 e. The molecule has 3 fully saturated rings. The first kappa shape index (κ1) is 12.9. The van der Waals surface area contributed by atoms with Gasteiger partial charge in [0.1, 0.15) is 0 Å². The highest BCUT2D eigenvalue weighted by Gasteiger charge is 2.65. The van der Waals surface area contributed by atoms with E-state index in [1.165, 1.54) is 25.7 Å². The zero-order valence-corrected chi connectivity index (χ0v) is 11.7. The van der Waals surface area contributed by atoms with E-state index in [2.05, 4.69) is 5.32 Å². The number of nitrogens with one attached hydrogen (secondary N) is 1. The van der Waals surface area contributed by atoms with Crippen LogP contribution in [0.1, 0.15) is 39.5 Å². The van der Waals surface area contributed by atoms with Gasteiger partial charge in [-0.15, -0.1) is 0 Å². The maximum atomic E-state index is 12.2. The maximum Gasteiger partial charge on any atom is 0.307 e. The average molecular weight is 265 g/mol. The van der Waals surface area contributed by atoms with Gasteiger partial charge in [0.25, 0.3) is 0 Å². The van der Waals surface area contributed by atoms with Gasteiger partial charge in [0.15, 0.2) is 0 Å². The number of rotatable bonds is 6. The standard InChI is InChI=1S/C15H23NO3/c1-15(2)11(12(15)14(18)19)13(17)16-7-10(8-3-4-8)9-5-6-9/h8-12H,3-7H2,1-2H3,(H,16,17)(H,18,19). The van der Waals surface area contributed by atoms with Crippen LogP contribution >= 0.6 is 0 Å². The Bertz CT molecular complexity index is 398. The van der Waals surface area contributed by atoms with Gasteiger partial charge in [0.05, 0.1) is 11.8 Å². The summed E-state index contributed by atoms with van der Waals surface area (Å²) in [5.74, 6) is 0.534. The van der Waals surface area contributed by atoms with Crippen LogP contribution in [-0.2, 0) is 9.59 Å². The highest BCUT2D eigenvalue weighted by molar-refractivity contribution is 5.91. The average Bonchev–Trinajstić information content (AvgIpc) is 3.17.